The fourth-order valence-corrected chi connectivity index (χ4v) is 3.50. The highest BCUT2D eigenvalue weighted by molar-refractivity contribution is 6.32. The van der Waals surface area contributed by atoms with Crippen LogP contribution in [0.2, 0.25) is 5.02 Å². The van der Waals surface area contributed by atoms with Crippen LogP contribution in [-0.4, -0.2) is 42.8 Å². The topological polar surface area (TPSA) is 50.3 Å². The number of rotatable bonds is 3. The quantitative estimate of drug-likeness (QED) is 0.926. The SMILES string of the molecule is COc1ncc(Cl)c(N2CCC(C3CCCN3)CC2)n1. The maximum absolute atomic E-state index is 6.22. The van der Waals surface area contributed by atoms with Crippen LogP contribution >= 0.6 is 11.6 Å². The second-order valence-corrected chi connectivity index (χ2v) is 5.96. The van der Waals surface area contributed by atoms with Crippen LogP contribution in [0.4, 0.5) is 5.82 Å². The number of hydrogen-bond acceptors (Lipinski definition) is 5. The van der Waals surface area contributed by atoms with Crippen LogP contribution in [-0.2, 0) is 0 Å². The molecular weight excluding hydrogens is 276 g/mol. The van der Waals surface area contributed by atoms with E-state index in [0.29, 0.717) is 17.1 Å². The fraction of sp³-hybridized carbons (Fsp3) is 0.714. The first-order valence-electron chi connectivity index (χ1n) is 7.33. The van der Waals surface area contributed by atoms with E-state index in [0.717, 1.165) is 24.8 Å². The van der Waals surface area contributed by atoms with E-state index < -0.39 is 0 Å². The van der Waals surface area contributed by atoms with Crippen LogP contribution in [0, 0.1) is 5.92 Å². The maximum atomic E-state index is 6.22. The molecule has 0 radical (unpaired) electrons. The molecule has 1 unspecified atom stereocenters. The van der Waals surface area contributed by atoms with E-state index in [2.05, 4.69) is 20.2 Å². The van der Waals surface area contributed by atoms with Crippen molar-refractivity contribution in [2.75, 3.05) is 31.6 Å². The van der Waals surface area contributed by atoms with E-state index in [1.165, 1.54) is 32.2 Å². The molecule has 2 fully saturated rings. The van der Waals surface area contributed by atoms with Gasteiger partial charge >= 0.3 is 6.01 Å². The standard InChI is InChI=1S/C14H21ClN4O/c1-20-14-17-9-11(15)13(18-14)19-7-4-10(5-8-19)12-3-2-6-16-12/h9-10,12,16H,2-8H2,1H3. The van der Waals surface area contributed by atoms with Gasteiger partial charge in [-0.1, -0.05) is 11.6 Å². The van der Waals surface area contributed by atoms with Crippen LogP contribution in [0.1, 0.15) is 25.7 Å². The van der Waals surface area contributed by atoms with Gasteiger partial charge in [-0.3, -0.25) is 0 Å². The largest absolute Gasteiger partial charge is 0.467 e. The average molecular weight is 297 g/mol. The van der Waals surface area contributed by atoms with Crippen molar-refractivity contribution in [1.82, 2.24) is 15.3 Å². The Kier molecular flexibility index (Phi) is 4.27. The zero-order valence-corrected chi connectivity index (χ0v) is 12.6. The fourth-order valence-electron chi connectivity index (χ4n) is 3.29. The minimum absolute atomic E-state index is 0.379. The third-order valence-electron chi connectivity index (χ3n) is 4.39. The van der Waals surface area contributed by atoms with Gasteiger partial charge in [-0.2, -0.15) is 4.98 Å². The molecule has 1 aromatic rings. The third-order valence-corrected chi connectivity index (χ3v) is 4.66. The Labute approximate surface area is 124 Å². The monoisotopic (exact) mass is 296 g/mol. The summed E-state index contributed by atoms with van der Waals surface area (Å²) in [5.74, 6) is 1.59. The van der Waals surface area contributed by atoms with Crippen LogP contribution in [0.3, 0.4) is 0 Å². The summed E-state index contributed by atoms with van der Waals surface area (Å²) in [5, 5.41) is 4.22. The molecule has 5 nitrogen and oxygen atoms in total. The number of hydrogen-bond donors (Lipinski definition) is 1. The van der Waals surface area contributed by atoms with Crippen LogP contribution in [0.25, 0.3) is 0 Å². The second-order valence-electron chi connectivity index (χ2n) is 5.56. The summed E-state index contributed by atoms with van der Waals surface area (Å²) in [6, 6.07) is 1.09. The van der Waals surface area contributed by atoms with Crippen LogP contribution in [0.15, 0.2) is 6.20 Å². The molecule has 1 N–H and O–H groups in total. The molecule has 20 heavy (non-hydrogen) atoms. The van der Waals surface area contributed by atoms with Gasteiger partial charge in [-0.05, 0) is 38.1 Å². The minimum atomic E-state index is 0.379. The molecule has 0 saturated carbocycles. The summed E-state index contributed by atoms with van der Waals surface area (Å²) < 4.78 is 5.09. The highest BCUT2D eigenvalue weighted by Crippen LogP contribution is 2.31. The number of nitrogens with zero attached hydrogens (tertiary/aromatic N) is 3. The van der Waals surface area contributed by atoms with E-state index in [4.69, 9.17) is 16.3 Å². The van der Waals surface area contributed by atoms with E-state index in [9.17, 15) is 0 Å². The van der Waals surface area contributed by atoms with Crippen molar-refractivity contribution in [3.8, 4) is 6.01 Å². The van der Waals surface area contributed by atoms with Crippen molar-refractivity contribution in [2.45, 2.75) is 31.7 Å². The van der Waals surface area contributed by atoms with Crippen molar-refractivity contribution in [2.24, 2.45) is 5.92 Å². The van der Waals surface area contributed by atoms with Gasteiger partial charge in [0.1, 0.15) is 5.02 Å². The Bertz CT molecular complexity index is 456. The lowest BCUT2D eigenvalue weighted by Gasteiger charge is -2.35. The van der Waals surface area contributed by atoms with Gasteiger partial charge in [0.05, 0.1) is 13.3 Å². The molecule has 110 valence electrons. The molecule has 2 aliphatic rings. The van der Waals surface area contributed by atoms with Crippen LogP contribution < -0.4 is 15.0 Å². The van der Waals surface area contributed by atoms with Crippen molar-refractivity contribution >= 4 is 17.4 Å². The summed E-state index contributed by atoms with van der Waals surface area (Å²) in [6.07, 6.45) is 6.65. The Morgan fingerprint density at radius 3 is 2.80 bits per heavy atom. The van der Waals surface area contributed by atoms with Gasteiger partial charge in [0, 0.05) is 19.1 Å². The van der Waals surface area contributed by atoms with Crippen molar-refractivity contribution in [1.29, 1.82) is 0 Å². The predicted molar refractivity (Wildman–Crippen MR) is 79.6 cm³/mol. The zero-order chi connectivity index (χ0) is 13.9. The number of nitrogens with one attached hydrogen (secondary N) is 1. The number of halogens is 1. The highest BCUT2D eigenvalue weighted by atomic mass is 35.5. The molecule has 0 amide bonds. The average Bonchev–Trinajstić information content (AvgIpc) is 3.02. The van der Waals surface area contributed by atoms with E-state index >= 15 is 0 Å². The molecule has 1 atom stereocenters. The lowest BCUT2D eigenvalue weighted by molar-refractivity contribution is 0.317. The summed E-state index contributed by atoms with van der Waals surface area (Å²) >= 11 is 6.22. The molecule has 1 aromatic heterocycles. The van der Waals surface area contributed by atoms with Gasteiger partial charge in [0.25, 0.3) is 0 Å². The first-order chi connectivity index (χ1) is 9.78. The third kappa shape index (κ3) is 2.83. The molecule has 0 aromatic carbocycles. The van der Waals surface area contributed by atoms with E-state index in [1.807, 2.05) is 0 Å². The van der Waals surface area contributed by atoms with Gasteiger partial charge in [-0.15, -0.1) is 0 Å². The van der Waals surface area contributed by atoms with Gasteiger partial charge in [0.15, 0.2) is 5.82 Å². The van der Waals surface area contributed by atoms with Gasteiger partial charge < -0.3 is 15.0 Å². The molecule has 3 heterocycles. The number of aromatic nitrogens is 2. The Balaban J connectivity index is 1.65. The summed E-state index contributed by atoms with van der Waals surface area (Å²) in [5.41, 5.74) is 0. The molecule has 0 bridgehead atoms. The number of ether oxygens (including phenoxy) is 1. The molecule has 2 saturated heterocycles. The molecule has 3 rings (SSSR count). The second kappa shape index (κ2) is 6.14. The summed E-state index contributed by atoms with van der Waals surface area (Å²) in [4.78, 5) is 10.7. The van der Waals surface area contributed by atoms with E-state index in [-0.39, 0.29) is 0 Å². The first-order valence-corrected chi connectivity index (χ1v) is 7.70. The predicted octanol–water partition coefficient (Wildman–Crippen LogP) is 2.11. The molecule has 0 aliphatic carbocycles. The zero-order valence-electron chi connectivity index (χ0n) is 11.8. The van der Waals surface area contributed by atoms with E-state index in [1.54, 1.807) is 13.3 Å². The normalized spacial score (nSPS) is 24.1. The summed E-state index contributed by atoms with van der Waals surface area (Å²) in [7, 11) is 1.57. The first kappa shape index (κ1) is 13.9. The van der Waals surface area contributed by atoms with Crippen molar-refractivity contribution < 1.29 is 4.74 Å². The molecule has 6 heteroatoms. The van der Waals surface area contributed by atoms with Crippen LogP contribution in [0.5, 0.6) is 6.01 Å². The Morgan fingerprint density at radius 2 is 2.15 bits per heavy atom. The Morgan fingerprint density at radius 1 is 1.35 bits per heavy atom. The Hall–Kier alpha value is -1.07. The van der Waals surface area contributed by atoms with Crippen molar-refractivity contribution in [3.05, 3.63) is 11.2 Å². The smallest absolute Gasteiger partial charge is 0.318 e. The molecule has 2 aliphatic heterocycles. The maximum Gasteiger partial charge on any atom is 0.318 e. The van der Waals surface area contributed by atoms with Crippen molar-refractivity contribution in [3.63, 3.8) is 0 Å². The lowest BCUT2D eigenvalue weighted by Crippen LogP contribution is -2.41. The number of anilines is 1. The minimum Gasteiger partial charge on any atom is -0.467 e. The molecule has 0 spiro atoms. The van der Waals surface area contributed by atoms with Gasteiger partial charge in [-0.25, -0.2) is 4.98 Å². The van der Waals surface area contributed by atoms with Gasteiger partial charge in [0.2, 0.25) is 0 Å². The lowest BCUT2D eigenvalue weighted by atomic mass is 9.88. The number of methoxy groups -OCH3 is 1. The number of piperidine rings is 1. The highest BCUT2D eigenvalue weighted by Gasteiger charge is 2.29. The molecular formula is C14H21ClN4O. The summed E-state index contributed by atoms with van der Waals surface area (Å²) in [6.45, 7) is 3.19.